The maximum atomic E-state index is 13.5. The number of alkyl carbamates (subject to hydrolysis) is 1. The Hall–Kier alpha value is -3.94. The molecule has 1 aromatic carbocycles. The Labute approximate surface area is 261 Å². The minimum absolute atomic E-state index is 0.0544. The summed E-state index contributed by atoms with van der Waals surface area (Å²) < 4.78 is 49.6. The molecule has 250 valence electrons. The molecule has 5 atom stereocenters. The first-order valence-corrected chi connectivity index (χ1v) is 14.8. The van der Waals surface area contributed by atoms with Crippen molar-refractivity contribution >= 4 is 29.6 Å². The fourth-order valence-corrected chi connectivity index (χ4v) is 4.68. The third-order valence-corrected chi connectivity index (χ3v) is 6.78. The zero-order valence-corrected chi connectivity index (χ0v) is 26.2. The lowest BCUT2D eigenvalue weighted by atomic mass is 9.97. The summed E-state index contributed by atoms with van der Waals surface area (Å²) in [5.74, 6) is -4.52. The van der Waals surface area contributed by atoms with Crippen LogP contribution in [-0.2, 0) is 35.3 Å². The Balaban J connectivity index is 2.21. The van der Waals surface area contributed by atoms with E-state index in [0.717, 1.165) is 11.6 Å². The SMILES string of the molecule is CCC[C@H](NC(=O)[C@@H](NC(=O)OCc1ccccc1)C(C)OC(C)(C)C)C(=O)N[C@H](/C=C/C(=O)C(F)(F)F)C[C@@H]1CCNC1=O. The van der Waals surface area contributed by atoms with E-state index in [9.17, 15) is 37.1 Å². The number of hydrogen-bond acceptors (Lipinski definition) is 7. The normalized spacial score (nSPS) is 18.0. The molecule has 1 fully saturated rings. The van der Waals surface area contributed by atoms with Crippen LogP contribution in [0.15, 0.2) is 42.5 Å². The first kappa shape index (κ1) is 37.2. The second kappa shape index (κ2) is 16.9. The Kier molecular flexibility index (Phi) is 14.0. The van der Waals surface area contributed by atoms with Crippen LogP contribution in [0.25, 0.3) is 0 Å². The monoisotopic (exact) mass is 640 g/mol. The maximum absolute atomic E-state index is 13.5. The van der Waals surface area contributed by atoms with Gasteiger partial charge in [0.25, 0.3) is 5.78 Å². The Bertz CT molecular complexity index is 1200. The zero-order chi connectivity index (χ0) is 33.8. The van der Waals surface area contributed by atoms with E-state index in [0.29, 0.717) is 25.5 Å². The van der Waals surface area contributed by atoms with Crippen LogP contribution in [0.2, 0.25) is 0 Å². The molecule has 1 unspecified atom stereocenters. The molecular formula is C31H43F3N4O7. The standard InChI is InChI=1S/C31H43F3N4O7/c1-6-10-23(27(41)36-22(13-14-24(39)31(32,33)34)17-21-15-16-35-26(21)40)37-28(42)25(19(2)45-30(3,4)5)38-29(43)44-18-20-11-8-7-9-12-20/h7-9,11-14,19,21-23,25H,6,10,15-18H2,1-5H3,(H,35,40)(H,36,41)(H,37,42)(H,38,43)/b14-13+/t19?,21-,22+,23-,25-/m0/s1. The van der Waals surface area contributed by atoms with Crippen molar-refractivity contribution in [3.05, 3.63) is 48.0 Å². The quantitative estimate of drug-likeness (QED) is 0.214. The predicted molar refractivity (Wildman–Crippen MR) is 159 cm³/mol. The van der Waals surface area contributed by atoms with Crippen molar-refractivity contribution in [3.63, 3.8) is 0 Å². The maximum Gasteiger partial charge on any atom is 0.454 e. The summed E-state index contributed by atoms with van der Waals surface area (Å²) in [4.78, 5) is 63.2. The Morgan fingerprint density at radius 3 is 2.27 bits per heavy atom. The molecule has 0 saturated carbocycles. The van der Waals surface area contributed by atoms with Crippen LogP contribution in [0.3, 0.4) is 0 Å². The van der Waals surface area contributed by atoms with E-state index >= 15 is 0 Å². The number of ketones is 1. The molecule has 0 bridgehead atoms. The lowest BCUT2D eigenvalue weighted by Crippen LogP contribution is -2.58. The summed E-state index contributed by atoms with van der Waals surface area (Å²) in [6.45, 7) is 8.95. The number of ether oxygens (including phenoxy) is 2. The Morgan fingerprint density at radius 1 is 1.04 bits per heavy atom. The lowest BCUT2D eigenvalue weighted by molar-refractivity contribution is -0.165. The van der Waals surface area contributed by atoms with Crippen LogP contribution in [-0.4, -0.2) is 72.1 Å². The van der Waals surface area contributed by atoms with Crippen LogP contribution in [0.4, 0.5) is 18.0 Å². The van der Waals surface area contributed by atoms with Gasteiger partial charge in [-0.2, -0.15) is 13.2 Å². The smallest absolute Gasteiger partial charge is 0.445 e. The van der Waals surface area contributed by atoms with Crippen molar-refractivity contribution in [3.8, 4) is 0 Å². The highest BCUT2D eigenvalue weighted by Gasteiger charge is 2.37. The summed E-state index contributed by atoms with van der Waals surface area (Å²) in [5, 5.41) is 10.3. The van der Waals surface area contributed by atoms with E-state index in [1.807, 2.05) is 6.07 Å². The highest BCUT2D eigenvalue weighted by Crippen LogP contribution is 2.20. The first-order valence-electron chi connectivity index (χ1n) is 14.8. The second-order valence-corrected chi connectivity index (χ2v) is 11.8. The van der Waals surface area contributed by atoms with Gasteiger partial charge in [-0.25, -0.2) is 4.79 Å². The van der Waals surface area contributed by atoms with E-state index in [4.69, 9.17) is 9.47 Å². The van der Waals surface area contributed by atoms with E-state index in [1.54, 1.807) is 58.9 Å². The van der Waals surface area contributed by atoms with Crippen molar-refractivity contribution < 1.29 is 46.6 Å². The van der Waals surface area contributed by atoms with E-state index in [2.05, 4.69) is 21.3 Å². The molecular weight excluding hydrogens is 597 g/mol. The molecule has 0 radical (unpaired) electrons. The van der Waals surface area contributed by atoms with Gasteiger partial charge in [0, 0.05) is 18.5 Å². The first-order chi connectivity index (χ1) is 21.0. The van der Waals surface area contributed by atoms with Crippen LogP contribution in [0.1, 0.15) is 65.9 Å². The minimum Gasteiger partial charge on any atom is -0.445 e. The molecule has 0 aliphatic carbocycles. The van der Waals surface area contributed by atoms with E-state index < -0.39 is 65.6 Å². The third kappa shape index (κ3) is 13.3. The van der Waals surface area contributed by atoms with Gasteiger partial charge in [0.15, 0.2) is 0 Å². The van der Waals surface area contributed by atoms with Gasteiger partial charge < -0.3 is 30.7 Å². The van der Waals surface area contributed by atoms with E-state index in [-0.39, 0.29) is 25.4 Å². The molecule has 45 heavy (non-hydrogen) atoms. The molecule has 4 amide bonds. The van der Waals surface area contributed by atoms with Crippen LogP contribution in [0, 0.1) is 5.92 Å². The number of allylic oxidation sites excluding steroid dienone is 1. The fourth-order valence-electron chi connectivity index (χ4n) is 4.68. The molecule has 1 saturated heterocycles. The molecule has 4 N–H and O–H groups in total. The van der Waals surface area contributed by atoms with Crippen molar-refractivity contribution in [1.82, 2.24) is 21.3 Å². The summed E-state index contributed by atoms with van der Waals surface area (Å²) >= 11 is 0. The number of benzene rings is 1. The van der Waals surface area contributed by atoms with Crippen molar-refractivity contribution in [2.24, 2.45) is 5.92 Å². The van der Waals surface area contributed by atoms with Crippen LogP contribution in [0.5, 0.6) is 0 Å². The third-order valence-electron chi connectivity index (χ3n) is 6.78. The molecule has 2 rings (SSSR count). The van der Waals surface area contributed by atoms with Gasteiger partial charge in [-0.05, 0) is 58.6 Å². The fraction of sp³-hybridized carbons (Fsp3) is 0.581. The van der Waals surface area contributed by atoms with Gasteiger partial charge in [-0.1, -0.05) is 49.8 Å². The van der Waals surface area contributed by atoms with Crippen molar-refractivity contribution in [1.29, 1.82) is 0 Å². The molecule has 1 aliphatic rings. The summed E-state index contributed by atoms with van der Waals surface area (Å²) in [7, 11) is 0. The summed E-state index contributed by atoms with van der Waals surface area (Å²) in [6, 6.07) is 5.32. The topological polar surface area (TPSA) is 152 Å². The van der Waals surface area contributed by atoms with Crippen LogP contribution < -0.4 is 21.3 Å². The molecule has 1 heterocycles. The van der Waals surface area contributed by atoms with Crippen molar-refractivity contribution in [2.45, 2.75) is 103 Å². The predicted octanol–water partition coefficient (Wildman–Crippen LogP) is 3.47. The molecule has 1 aliphatic heterocycles. The Morgan fingerprint density at radius 2 is 1.71 bits per heavy atom. The van der Waals surface area contributed by atoms with Gasteiger partial charge in [0.2, 0.25) is 17.7 Å². The van der Waals surface area contributed by atoms with Gasteiger partial charge >= 0.3 is 12.3 Å². The molecule has 14 heteroatoms. The summed E-state index contributed by atoms with van der Waals surface area (Å²) in [5.41, 5.74) is 0.0243. The largest absolute Gasteiger partial charge is 0.454 e. The zero-order valence-electron chi connectivity index (χ0n) is 26.2. The number of carbonyl (C=O) groups is 5. The number of nitrogens with one attached hydrogen (secondary N) is 4. The summed E-state index contributed by atoms with van der Waals surface area (Å²) in [6.07, 6.45) is -4.74. The molecule has 0 spiro atoms. The van der Waals surface area contributed by atoms with E-state index in [1.165, 1.54) is 0 Å². The van der Waals surface area contributed by atoms with Gasteiger partial charge in [0.1, 0.15) is 18.7 Å². The minimum atomic E-state index is -5.11. The number of hydrogen-bond donors (Lipinski definition) is 4. The number of halogens is 3. The number of alkyl halides is 3. The highest BCUT2D eigenvalue weighted by molar-refractivity contribution is 5.95. The number of carbonyl (C=O) groups excluding carboxylic acids is 5. The second-order valence-electron chi connectivity index (χ2n) is 11.8. The van der Waals surface area contributed by atoms with Gasteiger partial charge in [-0.3, -0.25) is 19.2 Å². The molecule has 0 aromatic heterocycles. The average molecular weight is 641 g/mol. The lowest BCUT2D eigenvalue weighted by Gasteiger charge is -2.31. The van der Waals surface area contributed by atoms with Crippen molar-refractivity contribution in [2.75, 3.05) is 6.54 Å². The number of amides is 4. The van der Waals surface area contributed by atoms with Crippen LogP contribution >= 0.6 is 0 Å². The average Bonchev–Trinajstić information content (AvgIpc) is 3.35. The van der Waals surface area contributed by atoms with Gasteiger partial charge in [0.05, 0.1) is 11.7 Å². The number of rotatable bonds is 15. The molecule has 11 nitrogen and oxygen atoms in total. The highest BCUT2D eigenvalue weighted by atomic mass is 19.4. The molecule has 1 aromatic rings. The van der Waals surface area contributed by atoms with Gasteiger partial charge in [-0.15, -0.1) is 0 Å².